The minimum absolute atomic E-state index is 0.0368. The molecule has 1 saturated carbocycles. The molecule has 3 unspecified atom stereocenters. The monoisotopic (exact) mass is 193 g/mol. The van der Waals surface area contributed by atoms with Crippen molar-refractivity contribution in [3.8, 4) is 0 Å². The number of alkyl halides is 2. The first-order valence-corrected chi connectivity index (χ1v) is 4.46. The number of rotatable bonds is 1. The van der Waals surface area contributed by atoms with E-state index in [4.69, 9.17) is 23.2 Å². The van der Waals surface area contributed by atoms with Gasteiger partial charge in [-0.15, -0.1) is 23.2 Å². The summed E-state index contributed by atoms with van der Waals surface area (Å²) in [5, 5.41) is -0.0118. The van der Waals surface area contributed by atoms with Crippen molar-refractivity contribution < 1.29 is 4.79 Å². The Kier molecular flexibility index (Phi) is 3.38. The molecule has 0 aromatic rings. The summed E-state index contributed by atoms with van der Waals surface area (Å²) in [6.07, 6.45) is 3.94. The minimum Gasteiger partial charge on any atom is -0.211 e. The van der Waals surface area contributed by atoms with Crippen molar-refractivity contribution >= 4 is 29.3 Å². The number of hydrogen-bond donors (Lipinski definition) is 0. The van der Waals surface area contributed by atoms with E-state index in [2.05, 4.69) is 4.99 Å². The zero-order valence-electron chi connectivity index (χ0n) is 5.96. The van der Waals surface area contributed by atoms with E-state index in [1.165, 1.54) is 0 Å². The predicted molar refractivity (Wildman–Crippen MR) is 45.0 cm³/mol. The Morgan fingerprint density at radius 2 is 2.00 bits per heavy atom. The predicted octanol–water partition coefficient (Wildman–Crippen LogP) is 2.09. The van der Waals surface area contributed by atoms with Gasteiger partial charge in [0.05, 0.1) is 16.8 Å². The Morgan fingerprint density at radius 1 is 1.27 bits per heavy atom. The van der Waals surface area contributed by atoms with E-state index in [-0.39, 0.29) is 16.8 Å². The number of halogens is 2. The molecule has 0 heterocycles. The van der Waals surface area contributed by atoms with E-state index in [0.717, 1.165) is 12.8 Å². The Hall–Kier alpha value is -0.0400. The summed E-state index contributed by atoms with van der Waals surface area (Å²) >= 11 is 11.7. The fourth-order valence-corrected chi connectivity index (χ4v) is 1.81. The molecule has 0 bridgehead atoms. The second-order valence-corrected chi connectivity index (χ2v) is 3.84. The van der Waals surface area contributed by atoms with Crippen LogP contribution in [-0.4, -0.2) is 22.9 Å². The molecule has 0 spiro atoms. The van der Waals surface area contributed by atoms with Gasteiger partial charge in [-0.2, -0.15) is 0 Å². The maximum atomic E-state index is 9.89. The fourth-order valence-electron chi connectivity index (χ4n) is 1.25. The third kappa shape index (κ3) is 2.48. The van der Waals surface area contributed by atoms with Crippen LogP contribution >= 0.6 is 23.2 Å². The van der Waals surface area contributed by atoms with Gasteiger partial charge in [-0.05, 0) is 19.3 Å². The molecule has 4 heteroatoms. The largest absolute Gasteiger partial charge is 0.235 e. The third-order valence-corrected chi connectivity index (χ3v) is 3.03. The van der Waals surface area contributed by atoms with Gasteiger partial charge in [-0.1, -0.05) is 0 Å². The zero-order chi connectivity index (χ0) is 8.27. The normalized spacial score (nSPS) is 37.8. The van der Waals surface area contributed by atoms with Crippen LogP contribution in [0.25, 0.3) is 0 Å². The Balaban J connectivity index is 2.45. The fraction of sp³-hybridized carbons (Fsp3) is 0.857. The van der Waals surface area contributed by atoms with Gasteiger partial charge in [0.15, 0.2) is 0 Å². The Labute approximate surface area is 75.6 Å². The Bertz CT molecular complexity index is 179. The molecule has 0 aromatic carbocycles. The highest BCUT2D eigenvalue weighted by Crippen LogP contribution is 2.28. The van der Waals surface area contributed by atoms with Gasteiger partial charge in [0.2, 0.25) is 6.08 Å². The molecule has 62 valence electrons. The van der Waals surface area contributed by atoms with E-state index < -0.39 is 0 Å². The van der Waals surface area contributed by atoms with Crippen LogP contribution in [0, 0.1) is 0 Å². The van der Waals surface area contributed by atoms with Crippen molar-refractivity contribution in [2.45, 2.75) is 36.1 Å². The molecule has 0 aromatic heterocycles. The summed E-state index contributed by atoms with van der Waals surface area (Å²) < 4.78 is 0. The van der Waals surface area contributed by atoms with Crippen molar-refractivity contribution in [3.05, 3.63) is 0 Å². The van der Waals surface area contributed by atoms with Crippen LogP contribution in [0.15, 0.2) is 4.99 Å². The first-order valence-electron chi connectivity index (χ1n) is 3.59. The van der Waals surface area contributed by atoms with E-state index in [0.29, 0.717) is 6.42 Å². The molecule has 2 nitrogen and oxygen atoms in total. The van der Waals surface area contributed by atoms with Crippen molar-refractivity contribution in [3.63, 3.8) is 0 Å². The average Bonchev–Trinajstić information content (AvgIpc) is 1.98. The second-order valence-electron chi connectivity index (χ2n) is 2.72. The quantitative estimate of drug-likeness (QED) is 0.357. The minimum atomic E-state index is -0.0486. The molecule has 0 saturated heterocycles. The maximum absolute atomic E-state index is 9.89. The number of hydrogen-bond acceptors (Lipinski definition) is 2. The summed E-state index contributed by atoms with van der Waals surface area (Å²) in [7, 11) is 0. The molecule has 1 fully saturated rings. The maximum Gasteiger partial charge on any atom is 0.235 e. The van der Waals surface area contributed by atoms with Crippen molar-refractivity contribution in [1.29, 1.82) is 0 Å². The van der Waals surface area contributed by atoms with Crippen LogP contribution < -0.4 is 0 Å². The number of aliphatic imine (C=N–C) groups is 1. The van der Waals surface area contributed by atoms with E-state index in [1.54, 1.807) is 6.08 Å². The molecule has 0 aliphatic heterocycles. The standard InChI is InChI=1S/C7H9Cl2NO/c8-6-2-1-5(10-4-11)3-7(6)9/h5-7H,1-3H2. The summed E-state index contributed by atoms with van der Waals surface area (Å²) in [5.41, 5.74) is 0. The lowest BCUT2D eigenvalue weighted by Gasteiger charge is -2.25. The summed E-state index contributed by atoms with van der Waals surface area (Å²) in [6.45, 7) is 0. The number of nitrogens with zero attached hydrogens (tertiary/aromatic N) is 1. The summed E-state index contributed by atoms with van der Waals surface area (Å²) in [5.74, 6) is 0. The molecule has 3 atom stereocenters. The van der Waals surface area contributed by atoms with E-state index in [1.807, 2.05) is 0 Å². The number of isocyanates is 1. The van der Waals surface area contributed by atoms with Crippen molar-refractivity contribution in [2.24, 2.45) is 4.99 Å². The molecule has 0 N–H and O–H groups in total. The van der Waals surface area contributed by atoms with Crippen LogP contribution in [0.3, 0.4) is 0 Å². The lowest BCUT2D eigenvalue weighted by Crippen LogP contribution is -2.27. The van der Waals surface area contributed by atoms with Crippen LogP contribution in [0.5, 0.6) is 0 Å². The second kappa shape index (κ2) is 4.10. The first-order chi connectivity index (χ1) is 5.24. The highest BCUT2D eigenvalue weighted by atomic mass is 35.5. The van der Waals surface area contributed by atoms with Crippen LogP contribution in [0.1, 0.15) is 19.3 Å². The highest BCUT2D eigenvalue weighted by molar-refractivity contribution is 6.30. The lowest BCUT2D eigenvalue weighted by molar-refractivity contribution is 0.450. The van der Waals surface area contributed by atoms with Gasteiger partial charge < -0.3 is 0 Å². The molecule has 11 heavy (non-hydrogen) atoms. The molecule has 0 amide bonds. The SMILES string of the molecule is O=C=NC1CCC(Cl)C(Cl)C1. The van der Waals surface area contributed by atoms with Crippen molar-refractivity contribution in [1.82, 2.24) is 0 Å². The van der Waals surface area contributed by atoms with Gasteiger partial charge in [0.1, 0.15) is 0 Å². The topological polar surface area (TPSA) is 29.4 Å². The van der Waals surface area contributed by atoms with Gasteiger partial charge in [0, 0.05) is 0 Å². The van der Waals surface area contributed by atoms with Crippen molar-refractivity contribution in [2.75, 3.05) is 0 Å². The molecule has 1 aliphatic rings. The first kappa shape index (κ1) is 9.05. The van der Waals surface area contributed by atoms with Crippen LogP contribution in [0.4, 0.5) is 0 Å². The zero-order valence-corrected chi connectivity index (χ0v) is 7.48. The van der Waals surface area contributed by atoms with Crippen LogP contribution in [0.2, 0.25) is 0 Å². The van der Waals surface area contributed by atoms with Gasteiger partial charge in [-0.3, -0.25) is 0 Å². The summed E-state index contributed by atoms with van der Waals surface area (Å²) in [4.78, 5) is 13.5. The lowest BCUT2D eigenvalue weighted by atomic mass is 9.95. The van der Waals surface area contributed by atoms with Gasteiger partial charge in [0.25, 0.3) is 0 Å². The summed E-state index contributed by atoms with van der Waals surface area (Å²) in [6, 6.07) is 0.0463. The smallest absolute Gasteiger partial charge is 0.211 e. The molecular weight excluding hydrogens is 185 g/mol. The Morgan fingerprint density at radius 3 is 2.55 bits per heavy atom. The van der Waals surface area contributed by atoms with E-state index >= 15 is 0 Å². The number of carbonyl (C=O) groups excluding carboxylic acids is 1. The highest BCUT2D eigenvalue weighted by Gasteiger charge is 2.27. The van der Waals surface area contributed by atoms with E-state index in [9.17, 15) is 4.79 Å². The molecule has 1 rings (SSSR count). The van der Waals surface area contributed by atoms with Gasteiger partial charge in [-0.25, -0.2) is 9.79 Å². The van der Waals surface area contributed by atoms with Crippen LogP contribution in [-0.2, 0) is 4.79 Å². The third-order valence-electron chi connectivity index (χ3n) is 1.90. The average molecular weight is 194 g/mol. The molecule has 1 aliphatic carbocycles. The van der Waals surface area contributed by atoms with Gasteiger partial charge >= 0.3 is 0 Å². The molecule has 0 radical (unpaired) electrons. The molecular formula is C7H9Cl2NO.